The minimum Gasteiger partial charge on any atom is -0.491 e. The van der Waals surface area contributed by atoms with Gasteiger partial charge in [-0.25, -0.2) is 9.69 Å². The third kappa shape index (κ3) is 5.22. The van der Waals surface area contributed by atoms with Crippen LogP contribution in [0.1, 0.15) is 25.0 Å². The van der Waals surface area contributed by atoms with Gasteiger partial charge in [0.1, 0.15) is 18.0 Å². The molecule has 0 aromatic heterocycles. The molecule has 0 spiro atoms. The molecule has 1 heterocycles. The van der Waals surface area contributed by atoms with Crippen LogP contribution in [0.2, 0.25) is 0 Å². The normalized spacial score (nSPS) is 15.0. The summed E-state index contributed by atoms with van der Waals surface area (Å²) in [7, 11) is 0. The van der Waals surface area contributed by atoms with Gasteiger partial charge in [-0.05, 0) is 56.7 Å². The number of rotatable bonds is 6. The topological polar surface area (TPSA) is 87.7 Å². The Morgan fingerprint density at radius 2 is 1.76 bits per heavy atom. The third-order valence-electron chi connectivity index (χ3n) is 4.16. The van der Waals surface area contributed by atoms with Gasteiger partial charge in [0.05, 0.1) is 6.10 Å². The molecule has 0 aliphatic carbocycles. The van der Waals surface area contributed by atoms with Crippen LogP contribution in [0.3, 0.4) is 0 Å². The molecule has 2 N–H and O–H groups in total. The zero-order valence-electron chi connectivity index (χ0n) is 16.6. The minimum absolute atomic E-state index is 0.0644. The van der Waals surface area contributed by atoms with Crippen molar-refractivity contribution in [2.24, 2.45) is 0 Å². The van der Waals surface area contributed by atoms with Gasteiger partial charge in [0.2, 0.25) is 5.91 Å². The van der Waals surface area contributed by atoms with Gasteiger partial charge in [-0.2, -0.15) is 0 Å². The highest BCUT2D eigenvalue weighted by atomic mass is 16.5. The number of anilines is 1. The first kappa shape index (κ1) is 20.1. The number of nitrogens with zero attached hydrogens (tertiary/aromatic N) is 1. The summed E-state index contributed by atoms with van der Waals surface area (Å²) in [6, 6.07) is 13.8. The Morgan fingerprint density at radius 3 is 2.38 bits per heavy atom. The minimum atomic E-state index is -0.625. The lowest BCUT2D eigenvalue weighted by molar-refractivity contribution is -0.127. The van der Waals surface area contributed by atoms with Crippen LogP contribution in [0.4, 0.5) is 10.5 Å². The van der Waals surface area contributed by atoms with E-state index in [0.29, 0.717) is 5.69 Å². The lowest BCUT2D eigenvalue weighted by atomic mass is 10.2. The number of ether oxygens (including phenoxy) is 1. The van der Waals surface area contributed by atoms with E-state index in [1.165, 1.54) is 0 Å². The number of nitrogens with one attached hydrogen (secondary N) is 2. The molecule has 29 heavy (non-hydrogen) atoms. The Labute approximate surface area is 169 Å². The molecule has 1 saturated heterocycles. The number of carbonyl (C=O) groups excluding carboxylic acids is 3. The highest BCUT2D eigenvalue weighted by molar-refractivity contribution is 6.15. The molecule has 0 saturated carbocycles. The molecule has 1 fully saturated rings. The average Bonchev–Trinajstić information content (AvgIpc) is 2.92. The first-order chi connectivity index (χ1) is 13.8. The molecular formula is C22H23N3O4. The second-order valence-electron chi connectivity index (χ2n) is 7.03. The quantitative estimate of drug-likeness (QED) is 0.582. The van der Waals surface area contributed by atoms with Gasteiger partial charge in [-0.15, -0.1) is 0 Å². The molecule has 7 nitrogen and oxygen atoms in total. The number of amides is 4. The molecule has 150 valence electrons. The fourth-order valence-electron chi connectivity index (χ4n) is 2.78. The summed E-state index contributed by atoms with van der Waals surface area (Å²) >= 11 is 0. The van der Waals surface area contributed by atoms with E-state index in [2.05, 4.69) is 10.6 Å². The summed E-state index contributed by atoms with van der Waals surface area (Å²) in [5.74, 6) is -0.274. The summed E-state index contributed by atoms with van der Waals surface area (Å²) in [4.78, 5) is 37.8. The Bertz CT molecular complexity index is 947. The van der Waals surface area contributed by atoms with Crippen LogP contribution in [-0.2, 0) is 9.59 Å². The zero-order valence-corrected chi connectivity index (χ0v) is 16.6. The van der Waals surface area contributed by atoms with Gasteiger partial charge in [-0.3, -0.25) is 9.59 Å². The van der Waals surface area contributed by atoms with Crippen molar-refractivity contribution < 1.29 is 19.1 Å². The van der Waals surface area contributed by atoms with Gasteiger partial charge in [-0.1, -0.05) is 29.8 Å². The Morgan fingerprint density at radius 1 is 1.10 bits per heavy atom. The summed E-state index contributed by atoms with van der Waals surface area (Å²) in [6.45, 7) is 5.45. The van der Waals surface area contributed by atoms with Crippen LogP contribution in [0, 0.1) is 6.92 Å². The predicted molar refractivity (Wildman–Crippen MR) is 110 cm³/mol. The molecule has 2 aromatic rings. The van der Waals surface area contributed by atoms with Crippen molar-refractivity contribution in [3.63, 3.8) is 0 Å². The van der Waals surface area contributed by atoms with Crippen molar-refractivity contribution in [1.29, 1.82) is 0 Å². The van der Waals surface area contributed by atoms with Gasteiger partial charge in [0, 0.05) is 5.69 Å². The van der Waals surface area contributed by atoms with Crippen molar-refractivity contribution in [1.82, 2.24) is 10.2 Å². The van der Waals surface area contributed by atoms with E-state index < -0.39 is 17.8 Å². The first-order valence-corrected chi connectivity index (χ1v) is 9.29. The maximum absolute atomic E-state index is 12.5. The standard InChI is InChI=1S/C22H23N3O4/c1-14(2)29-18-10-6-16(7-11-18)12-19-21(27)25(22(28)24-19)13-20(26)23-17-8-4-15(3)5-9-17/h4-12,14H,13H2,1-3H3,(H,23,26)(H,24,28)/b19-12+. The molecule has 1 aliphatic heterocycles. The number of imide groups is 1. The van der Waals surface area contributed by atoms with Gasteiger partial charge in [0.15, 0.2) is 0 Å². The van der Waals surface area contributed by atoms with Crippen molar-refractivity contribution in [3.8, 4) is 5.75 Å². The number of aryl methyl sites for hydroxylation is 1. The summed E-state index contributed by atoms with van der Waals surface area (Å²) in [6.07, 6.45) is 1.63. The number of carbonyl (C=O) groups is 3. The summed E-state index contributed by atoms with van der Waals surface area (Å²) in [5.41, 5.74) is 2.52. The van der Waals surface area contributed by atoms with Crippen LogP contribution in [0.5, 0.6) is 5.75 Å². The van der Waals surface area contributed by atoms with E-state index >= 15 is 0 Å². The second-order valence-corrected chi connectivity index (χ2v) is 7.03. The Hall–Kier alpha value is -3.61. The Kier molecular flexibility index (Phi) is 5.97. The van der Waals surface area contributed by atoms with Gasteiger partial charge in [0.25, 0.3) is 5.91 Å². The van der Waals surface area contributed by atoms with Crippen molar-refractivity contribution in [3.05, 3.63) is 65.4 Å². The van der Waals surface area contributed by atoms with Crippen LogP contribution < -0.4 is 15.4 Å². The summed E-state index contributed by atoms with van der Waals surface area (Å²) in [5, 5.41) is 5.19. The maximum Gasteiger partial charge on any atom is 0.329 e. The van der Waals surface area contributed by atoms with Gasteiger partial charge >= 0.3 is 6.03 Å². The molecule has 1 aliphatic rings. The number of hydrogen-bond acceptors (Lipinski definition) is 4. The summed E-state index contributed by atoms with van der Waals surface area (Å²) < 4.78 is 5.58. The molecule has 7 heteroatoms. The van der Waals surface area contributed by atoms with Crippen LogP contribution in [0.15, 0.2) is 54.2 Å². The van der Waals surface area contributed by atoms with Crippen molar-refractivity contribution in [2.45, 2.75) is 26.9 Å². The van der Waals surface area contributed by atoms with E-state index in [-0.39, 0.29) is 18.3 Å². The lowest BCUT2D eigenvalue weighted by Crippen LogP contribution is -2.38. The van der Waals surface area contributed by atoms with E-state index in [1.54, 1.807) is 42.5 Å². The lowest BCUT2D eigenvalue weighted by Gasteiger charge is -2.12. The Balaban J connectivity index is 1.64. The largest absolute Gasteiger partial charge is 0.491 e. The molecule has 0 bridgehead atoms. The average molecular weight is 393 g/mol. The highest BCUT2D eigenvalue weighted by Crippen LogP contribution is 2.18. The molecular weight excluding hydrogens is 370 g/mol. The molecule has 3 rings (SSSR count). The van der Waals surface area contributed by atoms with E-state index in [1.807, 2.05) is 32.9 Å². The molecule has 2 aromatic carbocycles. The predicted octanol–water partition coefficient (Wildman–Crippen LogP) is 3.31. The fraction of sp³-hybridized carbons (Fsp3) is 0.227. The van der Waals surface area contributed by atoms with Crippen molar-refractivity contribution in [2.75, 3.05) is 11.9 Å². The smallest absolute Gasteiger partial charge is 0.329 e. The van der Waals surface area contributed by atoms with Crippen LogP contribution >= 0.6 is 0 Å². The molecule has 0 radical (unpaired) electrons. The monoisotopic (exact) mass is 393 g/mol. The van der Waals surface area contributed by atoms with E-state index in [0.717, 1.165) is 21.8 Å². The molecule has 4 amide bonds. The van der Waals surface area contributed by atoms with Gasteiger partial charge < -0.3 is 15.4 Å². The van der Waals surface area contributed by atoms with Crippen molar-refractivity contribution >= 4 is 29.6 Å². The molecule has 0 unspecified atom stereocenters. The number of urea groups is 1. The fourth-order valence-corrected chi connectivity index (χ4v) is 2.78. The molecule has 0 atom stereocenters. The third-order valence-corrected chi connectivity index (χ3v) is 4.16. The van der Waals surface area contributed by atoms with E-state index in [9.17, 15) is 14.4 Å². The first-order valence-electron chi connectivity index (χ1n) is 9.29. The van der Waals surface area contributed by atoms with Crippen LogP contribution in [0.25, 0.3) is 6.08 Å². The van der Waals surface area contributed by atoms with Crippen LogP contribution in [-0.4, -0.2) is 35.4 Å². The SMILES string of the molecule is Cc1ccc(NC(=O)CN2C(=O)N/C(=C/c3ccc(OC(C)C)cc3)C2=O)cc1. The number of benzene rings is 2. The van der Waals surface area contributed by atoms with E-state index in [4.69, 9.17) is 4.74 Å². The zero-order chi connectivity index (χ0) is 21.0. The number of hydrogen-bond donors (Lipinski definition) is 2. The highest BCUT2D eigenvalue weighted by Gasteiger charge is 2.34. The second kappa shape index (κ2) is 8.60. The maximum atomic E-state index is 12.5.